The van der Waals surface area contributed by atoms with Gasteiger partial charge >= 0.3 is 0 Å². The van der Waals surface area contributed by atoms with Gasteiger partial charge in [0.1, 0.15) is 10.6 Å². The van der Waals surface area contributed by atoms with Gasteiger partial charge in [0.2, 0.25) is 11.6 Å². The Balaban J connectivity index is 1.94. The minimum absolute atomic E-state index is 0.148. The molecule has 0 saturated heterocycles. The van der Waals surface area contributed by atoms with Crippen LogP contribution in [0.1, 0.15) is 31.3 Å². The molecule has 0 atom stereocenters. The Kier molecular flexibility index (Phi) is 2.25. The largest absolute Gasteiger partial charge is 0.462 e. The van der Waals surface area contributed by atoms with E-state index >= 15 is 0 Å². The number of nitrogens with zero attached hydrogens (tertiary/aromatic N) is 1. The number of hydrogen-bond donors (Lipinski definition) is 0. The third-order valence-electron chi connectivity index (χ3n) is 3.20. The van der Waals surface area contributed by atoms with Crippen molar-refractivity contribution in [3.05, 3.63) is 64.4 Å². The highest BCUT2D eigenvalue weighted by atomic mass is 32.1. The van der Waals surface area contributed by atoms with E-state index in [4.69, 9.17) is 4.42 Å². The molecule has 0 spiro atoms. The maximum atomic E-state index is 12.4. The van der Waals surface area contributed by atoms with Crippen molar-refractivity contribution in [1.29, 1.82) is 0 Å². The molecule has 2 heterocycles. The predicted octanol–water partition coefficient (Wildman–Crippen LogP) is 3.18. The van der Waals surface area contributed by atoms with Gasteiger partial charge in [-0.1, -0.05) is 24.3 Å². The number of ketones is 2. The van der Waals surface area contributed by atoms with Gasteiger partial charge in [0.25, 0.3) is 0 Å². The second kappa shape index (κ2) is 3.98. The topological polar surface area (TPSA) is 60.2 Å². The van der Waals surface area contributed by atoms with E-state index in [1.54, 1.807) is 36.4 Å². The molecule has 0 unspecified atom stereocenters. The number of carbonyl (C=O) groups excluding carboxylic acids is 2. The number of carbonyl (C=O) groups is 2. The fourth-order valence-corrected chi connectivity index (χ4v) is 3.25. The minimum atomic E-state index is -0.204. The van der Waals surface area contributed by atoms with Crippen molar-refractivity contribution in [1.82, 2.24) is 4.98 Å². The molecule has 96 valence electrons. The molecule has 1 aliphatic carbocycles. The molecule has 0 N–H and O–H groups in total. The summed E-state index contributed by atoms with van der Waals surface area (Å²) in [5, 5.41) is 0.550. The molecule has 20 heavy (non-hydrogen) atoms. The first kappa shape index (κ1) is 11.3. The molecular formula is C15H7NO3S. The van der Waals surface area contributed by atoms with Crippen LogP contribution in [0, 0.1) is 0 Å². The van der Waals surface area contributed by atoms with Crippen molar-refractivity contribution in [3.63, 3.8) is 0 Å². The van der Waals surface area contributed by atoms with E-state index in [2.05, 4.69) is 4.98 Å². The Morgan fingerprint density at radius 3 is 2.40 bits per heavy atom. The van der Waals surface area contributed by atoms with Crippen molar-refractivity contribution in [2.24, 2.45) is 0 Å². The Labute approximate surface area is 117 Å². The Morgan fingerprint density at radius 1 is 0.950 bits per heavy atom. The second-order valence-corrected chi connectivity index (χ2v) is 5.38. The van der Waals surface area contributed by atoms with Gasteiger partial charge in [-0.2, -0.15) is 0 Å². The molecule has 4 nitrogen and oxygen atoms in total. The van der Waals surface area contributed by atoms with Crippen molar-refractivity contribution in [2.75, 3.05) is 0 Å². The average molecular weight is 281 g/mol. The molecule has 0 amide bonds. The first-order chi connectivity index (χ1) is 9.75. The van der Waals surface area contributed by atoms with E-state index < -0.39 is 0 Å². The SMILES string of the molecule is O=C1c2ccccc2C(=O)c2sc(-c3ccco3)nc21. The zero-order valence-corrected chi connectivity index (χ0v) is 10.9. The smallest absolute Gasteiger partial charge is 0.213 e. The molecule has 1 aliphatic rings. The van der Waals surface area contributed by atoms with Crippen LogP contribution < -0.4 is 0 Å². The Bertz CT molecular complexity index is 793. The van der Waals surface area contributed by atoms with E-state index in [1.165, 1.54) is 17.6 Å². The molecule has 3 aromatic rings. The van der Waals surface area contributed by atoms with Crippen molar-refractivity contribution < 1.29 is 14.0 Å². The summed E-state index contributed by atoms with van der Waals surface area (Å²) in [5.41, 5.74) is 1.09. The minimum Gasteiger partial charge on any atom is -0.462 e. The summed E-state index contributed by atoms with van der Waals surface area (Å²) in [6.07, 6.45) is 1.54. The average Bonchev–Trinajstić information content (AvgIpc) is 3.13. The molecule has 0 saturated carbocycles. The number of benzene rings is 1. The van der Waals surface area contributed by atoms with Gasteiger partial charge in [0, 0.05) is 11.1 Å². The maximum absolute atomic E-state index is 12.4. The lowest BCUT2D eigenvalue weighted by molar-refractivity contribution is 0.0979. The summed E-state index contributed by atoms with van der Waals surface area (Å²) in [5.74, 6) is 0.212. The first-order valence-electron chi connectivity index (χ1n) is 5.99. The van der Waals surface area contributed by atoms with Crippen LogP contribution in [0.15, 0.2) is 47.1 Å². The summed E-state index contributed by atoms with van der Waals surface area (Å²) in [4.78, 5) is 29.5. The Hall–Kier alpha value is -2.53. The van der Waals surface area contributed by atoms with Crippen molar-refractivity contribution in [3.8, 4) is 10.8 Å². The van der Waals surface area contributed by atoms with Crippen LogP contribution in [0.5, 0.6) is 0 Å². The third kappa shape index (κ3) is 1.44. The van der Waals surface area contributed by atoms with Crippen LogP contribution in [-0.4, -0.2) is 16.6 Å². The summed E-state index contributed by atoms with van der Waals surface area (Å²) in [7, 11) is 0. The van der Waals surface area contributed by atoms with Gasteiger partial charge in [-0.05, 0) is 12.1 Å². The molecule has 2 aromatic heterocycles. The van der Waals surface area contributed by atoms with E-state index in [1.807, 2.05) is 0 Å². The van der Waals surface area contributed by atoms with E-state index in [-0.39, 0.29) is 17.3 Å². The zero-order chi connectivity index (χ0) is 13.7. The number of furan rings is 1. The number of rotatable bonds is 1. The lowest BCUT2D eigenvalue weighted by Gasteiger charge is -2.11. The van der Waals surface area contributed by atoms with Gasteiger partial charge in [-0.3, -0.25) is 9.59 Å². The highest BCUT2D eigenvalue weighted by Crippen LogP contribution is 2.35. The molecule has 4 rings (SSSR count). The lowest BCUT2D eigenvalue weighted by atomic mass is 9.91. The van der Waals surface area contributed by atoms with E-state index in [0.29, 0.717) is 26.8 Å². The molecule has 0 bridgehead atoms. The number of fused-ring (bicyclic) bond motifs is 2. The van der Waals surface area contributed by atoms with Crippen LogP contribution in [0.25, 0.3) is 10.8 Å². The van der Waals surface area contributed by atoms with Crippen LogP contribution in [-0.2, 0) is 0 Å². The molecule has 0 aliphatic heterocycles. The normalized spacial score (nSPS) is 13.2. The Morgan fingerprint density at radius 2 is 1.70 bits per heavy atom. The molecular weight excluding hydrogens is 274 g/mol. The standard InChI is InChI=1S/C15H7NO3S/c17-12-8-4-1-2-5-9(8)13(18)14-11(12)16-15(20-14)10-6-3-7-19-10/h1-7H. The number of thiazole rings is 1. The summed E-state index contributed by atoms with van der Waals surface area (Å²) < 4.78 is 5.27. The van der Waals surface area contributed by atoms with E-state index in [0.717, 1.165) is 0 Å². The number of aromatic nitrogens is 1. The van der Waals surface area contributed by atoms with Crippen LogP contribution in [0.3, 0.4) is 0 Å². The van der Waals surface area contributed by atoms with Crippen molar-refractivity contribution >= 4 is 22.9 Å². The summed E-state index contributed by atoms with van der Waals surface area (Å²) in [6, 6.07) is 10.3. The summed E-state index contributed by atoms with van der Waals surface area (Å²) in [6.45, 7) is 0. The van der Waals surface area contributed by atoms with Crippen molar-refractivity contribution in [2.45, 2.75) is 0 Å². The molecule has 0 radical (unpaired) electrons. The third-order valence-corrected chi connectivity index (χ3v) is 4.27. The second-order valence-electron chi connectivity index (χ2n) is 4.38. The first-order valence-corrected chi connectivity index (χ1v) is 6.80. The molecule has 1 aromatic carbocycles. The van der Waals surface area contributed by atoms with Gasteiger partial charge in [-0.25, -0.2) is 4.98 Å². The fourth-order valence-electron chi connectivity index (χ4n) is 2.26. The van der Waals surface area contributed by atoms with E-state index in [9.17, 15) is 9.59 Å². The maximum Gasteiger partial charge on any atom is 0.213 e. The lowest BCUT2D eigenvalue weighted by Crippen LogP contribution is -2.19. The summed E-state index contributed by atoms with van der Waals surface area (Å²) >= 11 is 1.19. The highest BCUT2D eigenvalue weighted by Gasteiger charge is 2.33. The fraction of sp³-hybridized carbons (Fsp3) is 0. The number of hydrogen-bond acceptors (Lipinski definition) is 5. The van der Waals surface area contributed by atoms with Crippen LogP contribution >= 0.6 is 11.3 Å². The van der Waals surface area contributed by atoms with Gasteiger partial charge in [0.15, 0.2) is 10.8 Å². The highest BCUT2D eigenvalue weighted by molar-refractivity contribution is 7.17. The van der Waals surface area contributed by atoms with Gasteiger partial charge < -0.3 is 4.42 Å². The predicted molar refractivity (Wildman–Crippen MR) is 73.1 cm³/mol. The van der Waals surface area contributed by atoms with Gasteiger partial charge in [-0.15, -0.1) is 11.3 Å². The van der Waals surface area contributed by atoms with Gasteiger partial charge in [0.05, 0.1) is 6.26 Å². The monoisotopic (exact) mass is 281 g/mol. The molecule has 0 fully saturated rings. The van der Waals surface area contributed by atoms with Crippen LogP contribution in [0.4, 0.5) is 0 Å². The quantitative estimate of drug-likeness (QED) is 0.537. The van der Waals surface area contributed by atoms with Crippen LogP contribution in [0.2, 0.25) is 0 Å². The molecule has 5 heteroatoms. The zero-order valence-electron chi connectivity index (χ0n) is 10.1.